The molecule has 0 saturated heterocycles. The molecule has 182 valence electrons. The first-order valence-corrected chi connectivity index (χ1v) is 12.7. The maximum Gasteiger partial charge on any atom is 0.238 e. The summed E-state index contributed by atoms with van der Waals surface area (Å²) in [7, 11) is 0. The van der Waals surface area contributed by atoms with Gasteiger partial charge in [0.05, 0.1) is 22.7 Å². The maximum atomic E-state index is 9.32. The van der Waals surface area contributed by atoms with E-state index in [9.17, 15) is 5.26 Å². The number of para-hydroxylation sites is 2. The predicted octanol–water partition coefficient (Wildman–Crippen LogP) is 7.84. The molecule has 0 saturated carbocycles. The normalized spacial score (nSPS) is 11.1. The highest BCUT2D eigenvalue weighted by molar-refractivity contribution is 6.13. The van der Waals surface area contributed by atoms with Gasteiger partial charge < -0.3 is 0 Å². The van der Waals surface area contributed by atoms with E-state index in [1.54, 1.807) is 0 Å². The van der Waals surface area contributed by atoms with E-state index < -0.39 is 0 Å². The Kier molecular flexibility index (Phi) is 5.42. The third-order valence-electron chi connectivity index (χ3n) is 6.91. The zero-order valence-corrected chi connectivity index (χ0v) is 20.9. The van der Waals surface area contributed by atoms with E-state index in [4.69, 9.17) is 15.0 Å². The monoisotopic (exact) mass is 499 g/mol. The van der Waals surface area contributed by atoms with E-state index in [0.717, 1.165) is 44.1 Å². The molecule has 2 heterocycles. The highest BCUT2D eigenvalue weighted by Crippen LogP contribution is 2.38. The molecule has 0 N–H and O–H groups in total. The molecule has 0 spiro atoms. The third kappa shape index (κ3) is 3.92. The molecule has 39 heavy (non-hydrogen) atoms. The van der Waals surface area contributed by atoms with Crippen LogP contribution in [-0.4, -0.2) is 19.5 Å². The molecule has 2 aromatic heterocycles. The molecule has 7 rings (SSSR count). The van der Waals surface area contributed by atoms with Crippen molar-refractivity contribution in [1.82, 2.24) is 19.5 Å². The molecule has 0 aliphatic rings. The topological polar surface area (TPSA) is 67.4 Å². The molecule has 0 aliphatic heterocycles. The Hall–Kier alpha value is -5.60. The Labute approximate surface area is 225 Å². The summed E-state index contributed by atoms with van der Waals surface area (Å²) in [6, 6.07) is 44.6. The van der Waals surface area contributed by atoms with Crippen LogP contribution in [0.25, 0.3) is 61.7 Å². The first-order chi connectivity index (χ1) is 19.3. The van der Waals surface area contributed by atoms with Crippen molar-refractivity contribution in [3.05, 3.63) is 133 Å². The first-order valence-electron chi connectivity index (χ1n) is 12.7. The van der Waals surface area contributed by atoms with Crippen LogP contribution < -0.4 is 0 Å². The maximum absolute atomic E-state index is 9.32. The quantitative estimate of drug-likeness (QED) is 0.247. The molecule has 5 heteroatoms. The van der Waals surface area contributed by atoms with Gasteiger partial charge in [-0.3, -0.25) is 4.57 Å². The fourth-order valence-corrected chi connectivity index (χ4v) is 5.08. The molecule has 0 unspecified atom stereocenters. The lowest BCUT2D eigenvalue weighted by Crippen LogP contribution is -2.06. The van der Waals surface area contributed by atoms with Crippen LogP contribution in [0.2, 0.25) is 0 Å². The Morgan fingerprint density at radius 1 is 0.513 bits per heavy atom. The van der Waals surface area contributed by atoms with Gasteiger partial charge in [-0.25, -0.2) is 4.98 Å². The van der Waals surface area contributed by atoms with Gasteiger partial charge in [0.1, 0.15) is 0 Å². The Morgan fingerprint density at radius 3 is 1.74 bits per heavy atom. The van der Waals surface area contributed by atoms with Crippen LogP contribution in [0.15, 0.2) is 127 Å². The van der Waals surface area contributed by atoms with Gasteiger partial charge in [-0.05, 0) is 23.8 Å². The highest BCUT2D eigenvalue weighted by Gasteiger charge is 2.20. The standard InChI is InChI=1S/C34H21N5/c35-22-23-18-20-24(21-19-23)27-15-9-16-29-28-14-7-8-17-30(28)39(31(27)29)34-37-32(25-10-3-1-4-11-25)36-33(38-34)26-12-5-2-6-13-26/h1-21H. The van der Waals surface area contributed by atoms with Gasteiger partial charge >= 0.3 is 0 Å². The van der Waals surface area contributed by atoms with Crippen molar-refractivity contribution in [3.8, 4) is 45.9 Å². The van der Waals surface area contributed by atoms with Gasteiger partial charge in [-0.2, -0.15) is 15.2 Å². The first kappa shape index (κ1) is 22.6. The van der Waals surface area contributed by atoms with Crippen molar-refractivity contribution in [3.63, 3.8) is 0 Å². The number of nitriles is 1. The average Bonchev–Trinajstić information content (AvgIpc) is 3.36. The lowest BCUT2D eigenvalue weighted by Gasteiger charge is -2.13. The number of rotatable bonds is 4. The molecular formula is C34H21N5. The highest BCUT2D eigenvalue weighted by atomic mass is 15.2. The number of nitrogens with zero attached hydrogens (tertiary/aromatic N) is 5. The van der Waals surface area contributed by atoms with Crippen molar-refractivity contribution in [1.29, 1.82) is 5.26 Å². The fourth-order valence-electron chi connectivity index (χ4n) is 5.08. The SMILES string of the molecule is N#Cc1ccc(-c2cccc3c4ccccc4n(-c4nc(-c5ccccc5)nc(-c5ccccc5)n4)c23)cc1. The van der Waals surface area contributed by atoms with E-state index in [1.807, 2.05) is 91.0 Å². The van der Waals surface area contributed by atoms with Crippen LogP contribution in [-0.2, 0) is 0 Å². The van der Waals surface area contributed by atoms with Crippen LogP contribution in [0, 0.1) is 11.3 Å². The van der Waals surface area contributed by atoms with Gasteiger partial charge in [0.15, 0.2) is 11.6 Å². The minimum Gasteiger partial charge on any atom is -0.277 e. The molecule has 0 atom stereocenters. The largest absolute Gasteiger partial charge is 0.277 e. The predicted molar refractivity (Wildman–Crippen MR) is 155 cm³/mol. The van der Waals surface area contributed by atoms with Gasteiger partial charge in [0.2, 0.25) is 5.95 Å². The minimum absolute atomic E-state index is 0.551. The number of hydrogen-bond donors (Lipinski definition) is 0. The van der Waals surface area contributed by atoms with Gasteiger partial charge in [0.25, 0.3) is 0 Å². The van der Waals surface area contributed by atoms with E-state index in [1.165, 1.54) is 0 Å². The summed E-state index contributed by atoms with van der Waals surface area (Å²) in [5, 5.41) is 11.5. The second-order valence-corrected chi connectivity index (χ2v) is 9.26. The summed E-state index contributed by atoms with van der Waals surface area (Å²) in [5.74, 6) is 1.78. The minimum atomic E-state index is 0.551. The van der Waals surface area contributed by atoms with Crippen LogP contribution in [0.4, 0.5) is 0 Å². The molecule has 7 aromatic rings. The van der Waals surface area contributed by atoms with Crippen LogP contribution in [0.5, 0.6) is 0 Å². The summed E-state index contributed by atoms with van der Waals surface area (Å²) in [5.41, 5.74) is 6.55. The third-order valence-corrected chi connectivity index (χ3v) is 6.91. The molecule has 0 radical (unpaired) electrons. The summed E-state index contributed by atoms with van der Waals surface area (Å²) in [6.07, 6.45) is 0. The van der Waals surface area contributed by atoms with Crippen LogP contribution in [0.3, 0.4) is 0 Å². The molecule has 0 fully saturated rings. The Bertz CT molecular complexity index is 1940. The zero-order valence-electron chi connectivity index (χ0n) is 20.9. The fraction of sp³-hybridized carbons (Fsp3) is 0. The van der Waals surface area contributed by atoms with E-state index >= 15 is 0 Å². The van der Waals surface area contributed by atoms with Crippen molar-refractivity contribution >= 4 is 21.8 Å². The molecular weight excluding hydrogens is 478 g/mol. The lowest BCUT2D eigenvalue weighted by molar-refractivity contribution is 0.954. The van der Waals surface area contributed by atoms with E-state index in [-0.39, 0.29) is 0 Å². The van der Waals surface area contributed by atoms with Crippen LogP contribution in [0.1, 0.15) is 5.56 Å². The van der Waals surface area contributed by atoms with E-state index in [0.29, 0.717) is 23.2 Å². The van der Waals surface area contributed by atoms with Gasteiger partial charge in [-0.15, -0.1) is 0 Å². The summed E-state index contributed by atoms with van der Waals surface area (Å²) in [4.78, 5) is 14.9. The smallest absolute Gasteiger partial charge is 0.238 e. The zero-order chi connectivity index (χ0) is 26.2. The lowest BCUT2D eigenvalue weighted by atomic mass is 10.0. The molecule has 5 aromatic carbocycles. The number of benzene rings is 5. The summed E-state index contributed by atoms with van der Waals surface area (Å²) < 4.78 is 2.14. The van der Waals surface area contributed by atoms with Gasteiger partial charge in [0, 0.05) is 27.5 Å². The Balaban J connectivity index is 1.58. The Morgan fingerprint density at radius 2 is 1.10 bits per heavy atom. The number of fused-ring (bicyclic) bond motifs is 3. The average molecular weight is 500 g/mol. The van der Waals surface area contributed by atoms with Crippen molar-refractivity contribution in [2.24, 2.45) is 0 Å². The van der Waals surface area contributed by atoms with Crippen molar-refractivity contribution < 1.29 is 0 Å². The molecule has 0 aliphatic carbocycles. The second kappa shape index (κ2) is 9.37. The molecule has 0 bridgehead atoms. The second-order valence-electron chi connectivity index (χ2n) is 9.26. The number of aromatic nitrogens is 4. The molecule has 0 amide bonds. The van der Waals surface area contributed by atoms with Crippen molar-refractivity contribution in [2.75, 3.05) is 0 Å². The number of hydrogen-bond acceptors (Lipinski definition) is 4. The van der Waals surface area contributed by atoms with Crippen molar-refractivity contribution in [2.45, 2.75) is 0 Å². The summed E-state index contributed by atoms with van der Waals surface area (Å²) >= 11 is 0. The van der Waals surface area contributed by atoms with Crippen LogP contribution >= 0.6 is 0 Å². The molecule has 5 nitrogen and oxygen atoms in total. The van der Waals surface area contributed by atoms with E-state index in [2.05, 4.69) is 47.0 Å². The van der Waals surface area contributed by atoms with Gasteiger partial charge in [-0.1, -0.05) is 109 Å². The summed E-state index contributed by atoms with van der Waals surface area (Å²) in [6.45, 7) is 0.